The average molecular weight is 345 g/mol. The Bertz CT molecular complexity index is 768. The summed E-state index contributed by atoms with van der Waals surface area (Å²) < 4.78 is 13.8. The summed E-state index contributed by atoms with van der Waals surface area (Å²) in [4.78, 5) is 4.11. The Balaban J connectivity index is 1.83. The molecular formula is C18H18ClFN4. The molecule has 0 heterocycles. The first kappa shape index (κ1) is 17.8. The number of nitrogens with zero attached hydrogens (tertiary/aromatic N) is 2. The Labute approximate surface area is 146 Å². The molecule has 0 spiro atoms. The number of halogens is 2. The molecule has 0 aliphatic carbocycles. The van der Waals surface area contributed by atoms with Crippen molar-refractivity contribution < 1.29 is 4.39 Å². The standard InChI is InChI=1S/C18H18ClFN4/c1-22-18(23-8-7-13-3-2-4-16(19)9-13)24-12-15-6-5-14(11-21)10-17(15)20/h2-6,9-10H,7-8,12H2,1H3,(H2,22,23,24). The van der Waals surface area contributed by atoms with Crippen molar-refractivity contribution in [1.82, 2.24) is 10.6 Å². The number of guanidine groups is 1. The maximum absolute atomic E-state index is 13.8. The van der Waals surface area contributed by atoms with Crippen LogP contribution in [0.1, 0.15) is 16.7 Å². The van der Waals surface area contributed by atoms with Crippen molar-refractivity contribution in [3.63, 3.8) is 0 Å². The molecule has 24 heavy (non-hydrogen) atoms. The molecule has 0 aliphatic heterocycles. The lowest BCUT2D eigenvalue weighted by molar-refractivity contribution is 0.604. The predicted molar refractivity (Wildman–Crippen MR) is 94.5 cm³/mol. The molecule has 0 saturated heterocycles. The van der Waals surface area contributed by atoms with Gasteiger partial charge >= 0.3 is 0 Å². The molecule has 0 aliphatic rings. The Hall–Kier alpha value is -2.58. The lowest BCUT2D eigenvalue weighted by Gasteiger charge is -2.12. The van der Waals surface area contributed by atoms with Crippen molar-refractivity contribution in [2.75, 3.05) is 13.6 Å². The summed E-state index contributed by atoms with van der Waals surface area (Å²) in [7, 11) is 1.66. The fourth-order valence-corrected chi connectivity index (χ4v) is 2.39. The van der Waals surface area contributed by atoms with Crippen LogP contribution in [0.15, 0.2) is 47.5 Å². The van der Waals surface area contributed by atoms with E-state index in [1.165, 1.54) is 6.07 Å². The van der Waals surface area contributed by atoms with Crippen LogP contribution >= 0.6 is 11.6 Å². The van der Waals surface area contributed by atoms with E-state index < -0.39 is 5.82 Å². The molecule has 0 saturated carbocycles. The monoisotopic (exact) mass is 344 g/mol. The van der Waals surface area contributed by atoms with Gasteiger partial charge in [-0.2, -0.15) is 5.26 Å². The first-order valence-electron chi connectivity index (χ1n) is 7.50. The minimum Gasteiger partial charge on any atom is -0.356 e. The maximum atomic E-state index is 13.8. The molecule has 4 nitrogen and oxygen atoms in total. The van der Waals surface area contributed by atoms with Gasteiger partial charge in [0.25, 0.3) is 0 Å². The minimum atomic E-state index is -0.407. The average Bonchev–Trinajstić information content (AvgIpc) is 2.58. The number of nitriles is 1. The van der Waals surface area contributed by atoms with Gasteiger partial charge in [0.05, 0.1) is 11.6 Å². The van der Waals surface area contributed by atoms with Crippen LogP contribution in [0.25, 0.3) is 0 Å². The minimum absolute atomic E-state index is 0.286. The molecule has 0 atom stereocenters. The summed E-state index contributed by atoms with van der Waals surface area (Å²) >= 11 is 5.96. The molecule has 0 unspecified atom stereocenters. The zero-order valence-corrected chi connectivity index (χ0v) is 14.1. The Morgan fingerprint density at radius 2 is 2.08 bits per heavy atom. The summed E-state index contributed by atoms with van der Waals surface area (Å²) in [5.41, 5.74) is 1.91. The van der Waals surface area contributed by atoms with Crippen molar-refractivity contribution in [1.29, 1.82) is 5.26 Å². The van der Waals surface area contributed by atoms with E-state index in [4.69, 9.17) is 16.9 Å². The van der Waals surface area contributed by atoms with Gasteiger partial charge in [0.1, 0.15) is 5.82 Å². The van der Waals surface area contributed by atoms with Crippen LogP contribution in [-0.4, -0.2) is 19.6 Å². The van der Waals surface area contributed by atoms with Gasteiger partial charge in [-0.25, -0.2) is 4.39 Å². The number of hydrogen-bond acceptors (Lipinski definition) is 2. The van der Waals surface area contributed by atoms with E-state index in [-0.39, 0.29) is 6.54 Å². The van der Waals surface area contributed by atoms with Crippen LogP contribution in [0, 0.1) is 17.1 Å². The van der Waals surface area contributed by atoms with E-state index in [9.17, 15) is 4.39 Å². The van der Waals surface area contributed by atoms with Crippen LogP contribution in [0.5, 0.6) is 0 Å². The molecule has 124 valence electrons. The lowest BCUT2D eigenvalue weighted by Crippen LogP contribution is -2.38. The zero-order chi connectivity index (χ0) is 17.4. The van der Waals surface area contributed by atoms with Crippen LogP contribution < -0.4 is 10.6 Å². The molecule has 6 heteroatoms. The van der Waals surface area contributed by atoms with E-state index >= 15 is 0 Å². The van der Waals surface area contributed by atoms with Crippen molar-refractivity contribution in [2.24, 2.45) is 4.99 Å². The summed E-state index contributed by atoms with van der Waals surface area (Å²) in [5.74, 6) is 0.178. The third-order valence-electron chi connectivity index (χ3n) is 3.45. The Kier molecular flexibility index (Phi) is 6.59. The number of benzene rings is 2. The quantitative estimate of drug-likeness (QED) is 0.646. The zero-order valence-electron chi connectivity index (χ0n) is 13.3. The topological polar surface area (TPSA) is 60.2 Å². The van der Waals surface area contributed by atoms with Gasteiger partial charge < -0.3 is 10.6 Å². The predicted octanol–water partition coefficient (Wildman–Crippen LogP) is 3.26. The van der Waals surface area contributed by atoms with E-state index in [2.05, 4.69) is 15.6 Å². The van der Waals surface area contributed by atoms with Crippen molar-refractivity contribution >= 4 is 17.6 Å². The molecule has 2 aromatic carbocycles. The SMILES string of the molecule is CN=C(NCCc1cccc(Cl)c1)NCc1ccc(C#N)cc1F. The molecule has 0 bridgehead atoms. The number of nitrogens with one attached hydrogen (secondary N) is 2. The molecule has 2 rings (SSSR count). The second-order valence-electron chi connectivity index (χ2n) is 5.15. The highest BCUT2D eigenvalue weighted by atomic mass is 35.5. The normalized spacial score (nSPS) is 11.0. The van der Waals surface area contributed by atoms with E-state index in [0.717, 1.165) is 12.0 Å². The molecule has 0 aromatic heterocycles. The van der Waals surface area contributed by atoms with Crippen molar-refractivity contribution in [3.8, 4) is 6.07 Å². The molecule has 2 N–H and O–H groups in total. The Morgan fingerprint density at radius 3 is 2.75 bits per heavy atom. The van der Waals surface area contributed by atoms with Crippen molar-refractivity contribution in [3.05, 3.63) is 70.0 Å². The lowest BCUT2D eigenvalue weighted by atomic mass is 10.1. The number of aliphatic imine (C=N–C) groups is 1. The summed E-state index contributed by atoms with van der Waals surface area (Å²) in [6.07, 6.45) is 0.798. The Morgan fingerprint density at radius 1 is 1.25 bits per heavy atom. The van der Waals surface area contributed by atoms with Crippen LogP contribution in [0.4, 0.5) is 4.39 Å². The van der Waals surface area contributed by atoms with Gasteiger partial charge in [-0.1, -0.05) is 29.8 Å². The number of rotatable bonds is 5. The molecule has 0 amide bonds. The number of hydrogen-bond donors (Lipinski definition) is 2. The van der Waals surface area contributed by atoms with Gasteiger partial charge in [-0.05, 0) is 36.2 Å². The fourth-order valence-electron chi connectivity index (χ4n) is 2.18. The second kappa shape index (κ2) is 8.90. The summed E-state index contributed by atoms with van der Waals surface area (Å²) in [5, 5.41) is 15.7. The van der Waals surface area contributed by atoms with Crippen LogP contribution in [0.2, 0.25) is 5.02 Å². The van der Waals surface area contributed by atoms with Crippen LogP contribution in [-0.2, 0) is 13.0 Å². The first-order chi connectivity index (χ1) is 11.6. The third-order valence-corrected chi connectivity index (χ3v) is 3.68. The highest BCUT2D eigenvalue weighted by Crippen LogP contribution is 2.11. The van der Waals surface area contributed by atoms with E-state index in [1.54, 1.807) is 19.2 Å². The van der Waals surface area contributed by atoms with E-state index in [1.807, 2.05) is 30.3 Å². The molecule has 0 fully saturated rings. The first-order valence-corrected chi connectivity index (χ1v) is 7.87. The van der Waals surface area contributed by atoms with E-state index in [0.29, 0.717) is 28.7 Å². The highest BCUT2D eigenvalue weighted by Gasteiger charge is 2.05. The molecule has 0 radical (unpaired) electrons. The van der Waals surface area contributed by atoms with Gasteiger partial charge in [0.15, 0.2) is 5.96 Å². The van der Waals surface area contributed by atoms with Gasteiger partial charge in [-0.3, -0.25) is 4.99 Å². The molecule has 2 aromatic rings. The molecular weight excluding hydrogens is 327 g/mol. The van der Waals surface area contributed by atoms with Gasteiger partial charge in [0.2, 0.25) is 0 Å². The fraction of sp³-hybridized carbons (Fsp3) is 0.222. The second-order valence-corrected chi connectivity index (χ2v) is 5.59. The van der Waals surface area contributed by atoms with Gasteiger partial charge in [0, 0.05) is 30.7 Å². The largest absolute Gasteiger partial charge is 0.356 e. The third kappa shape index (κ3) is 5.25. The summed E-state index contributed by atoms with van der Waals surface area (Å²) in [6, 6.07) is 14.0. The van der Waals surface area contributed by atoms with Crippen LogP contribution in [0.3, 0.4) is 0 Å². The van der Waals surface area contributed by atoms with Crippen molar-refractivity contribution in [2.45, 2.75) is 13.0 Å². The van der Waals surface area contributed by atoms with Gasteiger partial charge in [-0.15, -0.1) is 0 Å². The summed E-state index contributed by atoms with van der Waals surface area (Å²) in [6.45, 7) is 0.963. The maximum Gasteiger partial charge on any atom is 0.191 e. The highest BCUT2D eigenvalue weighted by molar-refractivity contribution is 6.30. The smallest absolute Gasteiger partial charge is 0.191 e.